The Balaban J connectivity index is 2.03. The van der Waals surface area contributed by atoms with Gasteiger partial charge >= 0.3 is 0 Å². The molecule has 2 rings (SSSR count). The van der Waals surface area contributed by atoms with Crippen molar-refractivity contribution in [2.24, 2.45) is 0 Å². The van der Waals surface area contributed by atoms with Crippen LogP contribution in [0.3, 0.4) is 0 Å². The van der Waals surface area contributed by atoms with Crippen molar-refractivity contribution in [1.29, 1.82) is 0 Å². The Kier molecular flexibility index (Phi) is 4.58. The summed E-state index contributed by atoms with van der Waals surface area (Å²) in [5, 5.41) is 1.83. The molecule has 0 aliphatic rings. The number of hydrogen-bond donors (Lipinski definition) is 1. The fourth-order valence-electron chi connectivity index (χ4n) is 1.80. The maximum atomic E-state index is 13.6. The molecule has 0 radical (unpaired) electrons. The van der Waals surface area contributed by atoms with Crippen LogP contribution in [-0.2, 0) is 11.2 Å². The molecule has 1 N–H and O–H groups in total. The third kappa shape index (κ3) is 3.48. The maximum absolute atomic E-state index is 13.6. The highest BCUT2D eigenvalue weighted by atomic mass is 35.5. The number of carbonyl (C=O) groups is 1. The highest BCUT2D eigenvalue weighted by Gasteiger charge is 2.13. The molecule has 0 unspecified atom stereocenters. The lowest BCUT2D eigenvalue weighted by Crippen LogP contribution is -2.40. The molecular formula is C15H14ClFN2O. The van der Waals surface area contributed by atoms with Gasteiger partial charge < -0.3 is 0 Å². The number of amides is 1. The second kappa shape index (κ2) is 6.39. The molecule has 0 aromatic heterocycles. The molecule has 1 amide bonds. The standard InChI is InChI=1S/C15H14ClFN2O/c1-19(11-6-3-2-4-7-11)18-15(20)10-12-13(16)8-5-9-14(12)17/h2-9H,10H2,1H3,(H,18,20). The van der Waals surface area contributed by atoms with Gasteiger partial charge in [0.15, 0.2) is 0 Å². The van der Waals surface area contributed by atoms with Crippen molar-refractivity contribution in [3.63, 3.8) is 0 Å². The van der Waals surface area contributed by atoms with Crippen molar-refractivity contribution in [2.75, 3.05) is 12.1 Å². The van der Waals surface area contributed by atoms with Gasteiger partial charge in [-0.15, -0.1) is 0 Å². The van der Waals surface area contributed by atoms with E-state index in [4.69, 9.17) is 11.6 Å². The van der Waals surface area contributed by atoms with E-state index in [-0.39, 0.29) is 22.9 Å². The first-order valence-corrected chi connectivity index (χ1v) is 6.47. The predicted molar refractivity (Wildman–Crippen MR) is 78.1 cm³/mol. The lowest BCUT2D eigenvalue weighted by Gasteiger charge is -2.20. The molecule has 0 bridgehead atoms. The van der Waals surface area contributed by atoms with Crippen molar-refractivity contribution in [2.45, 2.75) is 6.42 Å². The van der Waals surface area contributed by atoms with E-state index < -0.39 is 5.82 Å². The number of hydrazine groups is 1. The van der Waals surface area contributed by atoms with Crippen molar-refractivity contribution in [3.8, 4) is 0 Å². The first kappa shape index (κ1) is 14.3. The van der Waals surface area contributed by atoms with Crippen LogP contribution in [0.2, 0.25) is 5.02 Å². The number of para-hydroxylation sites is 1. The first-order chi connectivity index (χ1) is 9.58. The molecular weight excluding hydrogens is 279 g/mol. The molecule has 0 aliphatic carbocycles. The molecule has 0 saturated heterocycles. The van der Waals surface area contributed by atoms with E-state index in [0.717, 1.165) is 5.69 Å². The fourth-order valence-corrected chi connectivity index (χ4v) is 2.03. The quantitative estimate of drug-likeness (QED) is 0.878. The van der Waals surface area contributed by atoms with Gasteiger partial charge in [-0.05, 0) is 24.3 Å². The van der Waals surface area contributed by atoms with Crippen molar-refractivity contribution in [3.05, 3.63) is 64.9 Å². The van der Waals surface area contributed by atoms with Crippen LogP contribution >= 0.6 is 11.6 Å². The number of hydrogen-bond acceptors (Lipinski definition) is 2. The van der Waals surface area contributed by atoms with Crippen LogP contribution in [0.5, 0.6) is 0 Å². The summed E-state index contributed by atoms with van der Waals surface area (Å²) in [6.45, 7) is 0. The zero-order valence-electron chi connectivity index (χ0n) is 10.9. The van der Waals surface area contributed by atoms with E-state index in [2.05, 4.69) is 5.43 Å². The first-order valence-electron chi connectivity index (χ1n) is 6.09. The number of halogens is 2. The van der Waals surface area contributed by atoms with E-state index in [1.165, 1.54) is 12.1 Å². The van der Waals surface area contributed by atoms with E-state index >= 15 is 0 Å². The van der Waals surface area contributed by atoms with E-state index in [0.29, 0.717) is 0 Å². The summed E-state index contributed by atoms with van der Waals surface area (Å²) in [6, 6.07) is 13.7. The van der Waals surface area contributed by atoms with Gasteiger partial charge in [-0.3, -0.25) is 15.2 Å². The molecule has 2 aromatic carbocycles. The summed E-state index contributed by atoms with van der Waals surface area (Å²) in [7, 11) is 1.72. The summed E-state index contributed by atoms with van der Waals surface area (Å²) < 4.78 is 13.6. The second-order valence-corrected chi connectivity index (χ2v) is 4.71. The fraction of sp³-hybridized carbons (Fsp3) is 0.133. The monoisotopic (exact) mass is 292 g/mol. The van der Waals surface area contributed by atoms with Gasteiger partial charge in [-0.2, -0.15) is 0 Å². The average molecular weight is 293 g/mol. The number of nitrogens with one attached hydrogen (secondary N) is 1. The summed E-state index contributed by atoms with van der Waals surface area (Å²) in [5.41, 5.74) is 3.70. The SMILES string of the molecule is CN(NC(=O)Cc1c(F)cccc1Cl)c1ccccc1. The third-order valence-corrected chi connectivity index (χ3v) is 3.19. The van der Waals surface area contributed by atoms with Crippen LogP contribution in [0.4, 0.5) is 10.1 Å². The molecule has 0 aliphatic heterocycles. The van der Waals surface area contributed by atoms with Crippen LogP contribution < -0.4 is 10.4 Å². The molecule has 0 spiro atoms. The Labute approximate surface area is 121 Å². The molecule has 0 atom stereocenters. The number of nitrogens with zero attached hydrogens (tertiary/aromatic N) is 1. The zero-order chi connectivity index (χ0) is 14.5. The van der Waals surface area contributed by atoms with Crippen LogP contribution in [0, 0.1) is 5.82 Å². The van der Waals surface area contributed by atoms with Gasteiger partial charge in [0, 0.05) is 17.6 Å². The van der Waals surface area contributed by atoms with Gasteiger partial charge in [-0.1, -0.05) is 35.9 Å². The predicted octanol–water partition coefficient (Wildman–Crippen LogP) is 3.19. The molecule has 0 fully saturated rings. The van der Waals surface area contributed by atoms with Gasteiger partial charge in [-0.25, -0.2) is 4.39 Å². The molecule has 20 heavy (non-hydrogen) atoms. The van der Waals surface area contributed by atoms with Crippen molar-refractivity contribution >= 4 is 23.2 Å². The van der Waals surface area contributed by atoms with Crippen LogP contribution in [0.15, 0.2) is 48.5 Å². The van der Waals surface area contributed by atoms with Gasteiger partial charge in [0.2, 0.25) is 5.91 Å². The summed E-state index contributed by atoms with van der Waals surface area (Å²) in [5.74, 6) is -0.807. The van der Waals surface area contributed by atoms with Crippen LogP contribution in [-0.4, -0.2) is 13.0 Å². The number of carbonyl (C=O) groups excluding carboxylic acids is 1. The topological polar surface area (TPSA) is 32.3 Å². The zero-order valence-corrected chi connectivity index (χ0v) is 11.7. The molecule has 0 saturated carbocycles. The Hall–Kier alpha value is -2.07. The van der Waals surface area contributed by atoms with Crippen molar-refractivity contribution < 1.29 is 9.18 Å². The minimum Gasteiger partial charge on any atom is -0.289 e. The van der Waals surface area contributed by atoms with Gasteiger partial charge in [0.05, 0.1) is 12.1 Å². The largest absolute Gasteiger partial charge is 0.289 e. The third-order valence-electron chi connectivity index (χ3n) is 2.83. The smallest absolute Gasteiger partial charge is 0.243 e. The molecule has 3 nitrogen and oxygen atoms in total. The highest BCUT2D eigenvalue weighted by molar-refractivity contribution is 6.31. The Bertz CT molecular complexity index is 584. The summed E-state index contributed by atoms with van der Waals surface area (Å²) in [6.07, 6.45) is -0.108. The van der Waals surface area contributed by atoms with Crippen LogP contribution in [0.1, 0.15) is 5.56 Å². The Morgan fingerprint density at radius 2 is 1.90 bits per heavy atom. The highest BCUT2D eigenvalue weighted by Crippen LogP contribution is 2.19. The van der Waals surface area contributed by atoms with Crippen LogP contribution in [0.25, 0.3) is 0 Å². The number of anilines is 1. The lowest BCUT2D eigenvalue weighted by atomic mass is 10.1. The normalized spacial score (nSPS) is 10.2. The minimum atomic E-state index is -0.477. The van der Waals surface area contributed by atoms with Gasteiger partial charge in [0.25, 0.3) is 0 Å². The molecule has 5 heteroatoms. The second-order valence-electron chi connectivity index (χ2n) is 4.31. The molecule has 2 aromatic rings. The minimum absolute atomic E-state index is 0.108. The van der Waals surface area contributed by atoms with Gasteiger partial charge in [0.1, 0.15) is 5.82 Å². The number of rotatable bonds is 4. The average Bonchev–Trinajstić information content (AvgIpc) is 2.44. The van der Waals surface area contributed by atoms with E-state index in [1.807, 2.05) is 30.3 Å². The molecule has 0 heterocycles. The van der Waals surface area contributed by atoms with Crippen molar-refractivity contribution in [1.82, 2.24) is 5.43 Å². The Morgan fingerprint density at radius 3 is 2.55 bits per heavy atom. The maximum Gasteiger partial charge on any atom is 0.243 e. The van der Waals surface area contributed by atoms with E-state index in [1.54, 1.807) is 18.1 Å². The van der Waals surface area contributed by atoms with E-state index in [9.17, 15) is 9.18 Å². The summed E-state index contributed by atoms with van der Waals surface area (Å²) >= 11 is 5.89. The molecule has 104 valence electrons. The number of benzene rings is 2. The lowest BCUT2D eigenvalue weighted by molar-refractivity contribution is -0.120. The Morgan fingerprint density at radius 1 is 1.20 bits per heavy atom. The summed E-state index contributed by atoms with van der Waals surface area (Å²) in [4.78, 5) is 11.9.